The smallest absolute Gasteiger partial charge is 0.254 e. The molecular weight excluding hydrogens is 264 g/mol. The van der Waals surface area contributed by atoms with Gasteiger partial charge >= 0.3 is 0 Å². The Kier molecular flexibility index (Phi) is 4.82. The maximum Gasteiger partial charge on any atom is 0.254 e. The number of aryl methyl sites for hydroxylation is 1. The Hall–Kier alpha value is -2.49. The minimum absolute atomic E-state index is 0.0449. The number of likely N-dealkylation sites (N-methyl/N-ethyl adjacent to an activating group) is 1. The molecule has 0 atom stereocenters. The molecule has 0 fully saturated rings. The fourth-order valence-electron chi connectivity index (χ4n) is 1.99. The van der Waals surface area contributed by atoms with Crippen LogP contribution in [0.25, 0.3) is 0 Å². The van der Waals surface area contributed by atoms with Crippen LogP contribution in [0.1, 0.15) is 15.9 Å². The summed E-state index contributed by atoms with van der Waals surface area (Å²) < 4.78 is 5.60. The average molecular weight is 284 g/mol. The van der Waals surface area contributed by atoms with Crippen LogP contribution in [0.15, 0.2) is 48.5 Å². The number of benzene rings is 2. The van der Waals surface area contributed by atoms with Crippen LogP contribution < -0.4 is 10.5 Å². The van der Waals surface area contributed by atoms with Crippen LogP contribution in [0.2, 0.25) is 0 Å². The van der Waals surface area contributed by atoms with E-state index in [9.17, 15) is 4.79 Å². The van der Waals surface area contributed by atoms with Gasteiger partial charge in [-0.15, -0.1) is 0 Å². The number of nitrogens with zero attached hydrogens (tertiary/aromatic N) is 1. The molecule has 4 heteroatoms. The molecule has 2 aromatic carbocycles. The van der Waals surface area contributed by atoms with Gasteiger partial charge in [0.25, 0.3) is 5.91 Å². The van der Waals surface area contributed by atoms with Crippen molar-refractivity contribution >= 4 is 11.6 Å². The van der Waals surface area contributed by atoms with Crippen molar-refractivity contribution in [1.29, 1.82) is 0 Å². The van der Waals surface area contributed by atoms with E-state index in [4.69, 9.17) is 10.5 Å². The summed E-state index contributed by atoms with van der Waals surface area (Å²) >= 11 is 0. The van der Waals surface area contributed by atoms with Gasteiger partial charge in [-0.3, -0.25) is 4.79 Å². The Bertz CT molecular complexity index is 611. The first-order valence-electron chi connectivity index (χ1n) is 6.87. The summed E-state index contributed by atoms with van der Waals surface area (Å²) in [6.07, 6.45) is 0. The summed E-state index contributed by atoms with van der Waals surface area (Å²) in [7, 11) is 1.76. The van der Waals surface area contributed by atoms with Gasteiger partial charge in [0, 0.05) is 18.3 Å². The second kappa shape index (κ2) is 6.79. The first-order valence-corrected chi connectivity index (χ1v) is 6.87. The van der Waals surface area contributed by atoms with Gasteiger partial charge < -0.3 is 15.4 Å². The van der Waals surface area contributed by atoms with Gasteiger partial charge in [0.1, 0.15) is 12.4 Å². The van der Waals surface area contributed by atoms with E-state index in [1.54, 1.807) is 24.1 Å². The predicted octanol–water partition coefficient (Wildman–Crippen LogP) is 2.73. The van der Waals surface area contributed by atoms with Crippen LogP contribution in [0, 0.1) is 6.92 Å². The lowest BCUT2D eigenvalue weighted by molar-refractivity contribution is 0.0773. The first kappa shape index (κ1) is 14.9. The molecule has 0 spiro atoms. The number of para-hydroxylation sites is 1. The monoisotopic (exact) mass is 284 g/mol. The third-order valence-corrected chi connectivity index (χ3v) is 3.28. The third kappa shape index (κ3) is 3.99. The largest absolute Gasteiger partial charge is 0.492 e. The molecule has 0 saturated carbocycles. The number of nitrogen functional groups attached to an aromatic ring is 1. The number of anilines is 1. The summed E-state index contributed by atoms with van der Waals surface area (Å²) in [5.41, 5.74) is 7.90. The number of nitrogens with two attached hydrogens (primary N) is 1. The first-order chi connectivity index (χ1) is 10.1. The summed E-state index contributed by atoms with van der Waals surface area (Å²) in [5, 5.41) is 0. The number of amides is 1. The van der Waals surface area contributed by atoms with Gasteiger partial charge in [0.15, 0.2) is 0 Å². The summed E-state index contributed by atoms with van der Waals surface area (Å²) in [5.74, 6) is 0.759. The molecule has 0 aliphatic rings. The molecule has 0 aromatic heterocycles. The van der Waals surface area contributed by atoms with Crippen LogP contribution in [-0.2, 0) is 0 Å². The number of hydrogen-bond donors (Lipinski definition) is 1. The molecule has 2 aromatic rings. The highest BCUT2D eigenvalue weighted by atomic mass is 16.5. The van der Waals surface area contributed by atoms with Crippen molar-refractivity contribution in [3.05, 3.63) is 59.7 Å². The van der Waals surface area contributed by atoms with E-state index in [-0.39, 0.29) is 5.91 Å². The zero-order valence-electron chi connectivity index (χ0n) is 12.4. The molecule has 0 radical (unpaired) electrons. The molecule has 110 valence electrons. The van der Waals surface area contributed by atoms with Gasteiger partial charge in [0.05, 0.1) is 6.54 Å². The van der Waals surface area contributed by atoms with Crippen molar-refractivity contribution in [3.8, 4) is 5.75 Å². The van der Waals surface area contributed by atoms with Crippen molar-refractivity contribution in [2.75, 3.05) is 25.9 Å². The Morgan fingerprint density at radius 3 is 2.62 bits per heavy atom. The van der Waals surface area contributed by atoms with Crippen molar-refractivity contribution < 1.29 is 9.53 Å². The standard InChI is InChI=1S/C17H20N2O2/c1-13-8-9-14(18)12-16(13)17(20)19(2)10-11-21-15-6-4-3-5-7-15/h3-9,12H,10-11,18H2,1-2H3. The highest BCUT2D eigenvalue weighted by Gasteiger charge is 2.14. The maximum absolute atomic E-state index is 12.4. The lowest BCUT2D eigenvalue weighted by atomic mass is 10.1. The van der Waals surface area contributed by atoms with Crippen molar-refractivity contribution in [1.82, 2.24) is 4.90 Å². The number of carbonyl (C=O) groups is 1. The van der Waals surface area contributed by atoms with E-state index in [1.165, 1.54) is 0 Å². The number of rotatable bonds is 5. The molecule has 2 N–H and O–H groups in total. The number of hydrogen-bond acceptors (Lipinski definition) is 3. The Morgan fingerprint density at radius 1 is 1.19 bits per heavy atom. The lowest BCUT2D eigenvalue weighted by Gasteiger charge is -2.19. The molecule has 0 aliphatic heterocycles. The van der Waals surface area contributed by atoms with Crippen LogP contribution in [-0.4, -0.2) is 31.0 Å². The average Bonchev–Trinajstić information content (AvgIpc) is 2.50. The molecule has 0 aliphatic carbocycles. The second-order valence-electron chi connectivity index (χ2n) is 4.96. The highest BCUT2D eigenvalue weighted by molar-refractivity contribution is 5.96. The van der Waals surface area contributed by atoms with Crippen LogP contribution in [0.4, 0.5) is 5.69 Å². The fraction of sp³-hybridized carbons (Fsp3) is 0.235. The minimum atomic E-state index is -0.0449. The van der Waals surface area contributed by atoms with Crippen molar-refractivity contribution in [2.24, 2.45) is 0 Å². The van der Waals surface area contributed by atoms with Gasteiger partial charge in [-0.05, 0) is 36.8 Å². The molecule has 2 rings (SSSR count). The SMILES string of the molecule is Cc1ccc(N)cc1C(=O)N(C)CCOc1ccccc1. The van der Waals surface area contributed by atoms with E-state index >= 15 is 0 Å². The number of ether oxygens (including phenoxy) is 1. The van der Waals surface area contributed by atoms with Crippen molar-refractivity contribution in [2.45, 2.75) is 6.92 Å². The quantitative estimate of drug-likeness (QED) is 0.859. The third-order valence-electron chi connectivity index (χ3n) is 3.28. The molecule has 0 unspecified atom stereocenters. The summed E-state index contributed by atoms with van der Waals surface area (Å²) in [4.78, 5) is 14.0. The lowest BCUT2D eigenvalue weighted by Crippen LogP contribution is -2.31. The van der Waals surface area contributed by atoms with E-state index in [2.05, 4.69) is 0 Å². The Labute approximate surface area is 125 Å². The molecule has 4 nitrogen and oxygen atoms in total. The van der Waals surface area contributed by atoms with Crippen LogP contribution in [0.5, 0.6) is 5.75 Å². The maximum atomic E-state index is 12.4. The molecule has 0 bridgehead atoms. The minimum Gasteiger partial charge on any atom is -0.492 e. The zero-order chi connectivity index (χ0) is 15.2. The predicted molar refractivity (Wildman–Crippen MR) is 84.5 cm³/mol. The fourth-order valence-corrected chi connectivity index (χ4v) is 1.99. The van der Waals surface area contributed by atoms with Crippen LogP contribution in [0.3, 0.4) is 0 Å². The summed E-state index contributed by atoms with van der Waals surface area (Å²) in [6, 6.07) is 14.9. The van der Waals surface area contributed by atoms with Gasteiger partial charge in [0.2, 0.25) is 0 Å². The van der Waals surface area contributed by atoms with Crippen LogP contribution >= 0.6 is 0 Å². The molecule has 21 heavy (non-hydrogen) atoms. The zero-order valence-corrected chi connectivity index (χ0v) is 12.4. The molecule has 0 heterocycles. The molecule has 1 amide bonds. The second-order valence-corrected chi connectivity index (χ2v) is 4.96. The molecule has 0 saturated heterocycles. The van der Waals surface area contributed by atoms with E-state index in [0.717, 1.165) is 11.3 Å². The van der Waals surface area contributed by atoms with Gasteiger partial charge in [-0.1, -0.05) is 24.3 Å². The van der Waals surface area contributed by atoms with Crippen molar-refractivity contribution in [3.63, 3.8) is 0 Å². The van der Waals surface area contributed by atoms with Gasteiger partial charge in [-0.25, -0.2) is 0 Å². The van der Waals surface area contributed by atoms with E-state index in [0.29, 0.717) is 24.4 Å². The van der Waals surface area contributed by atoms with E-state index in [1.807, 2.05) is 43.3 Å². The molecular formula is C17H20N2O2. The number of carbonyl (C=O) groups excluding carboxylic acids is 1. The highest BCUT2D eigenvalue weighted by Crippen LogP contribution is 2.14. The Balaban J connectivity index is 1.92. The van der Waals surface area contributed by atoms with Gasteiger partial charge in [-0.2, -0.15) is 0 Å². The summed E-state index contributed by atoms with van der Waals surface area (Å²) in [6.45, 7) is 2.87. The normalized spacial score (nSPS) is 10.2. The Morgan fingerprint density at radius 2 is 1.90 bits per heavy atom. The topological polar surface area (TPSA) is 55.6 Å². The van der Waals surface area contributed by atoms with E-state index < -0.39 is 0 Å².